The molecule has 1 aromatic carbocycles. The molecule has 2 heteroatoms. The zero-order chi connectivity index (χ0) is 8.97. The van der Waals surface area contributed by atoms with E-state index in [-0.39, 0.29) is 5.75 Å². The summed E-state index contributed by atoms with van der Waals surface area (Å²) in [6.45, 7) is 1.90. The van der Waals surface area contributed by atoms with Gasteiger partial charge in [-0.1, -0.05) is 12.1 Å². The van der Waals surface area contributed by atoms with Gasteiger partial charge in [0.05, 0.1) is 0 Å². The van der Waals surface area contributed by atoms with Gasteiger partial charge in [-0.25, -0.2) is 0 Å². The molecule has 0 saturated carbocycles. The third kappa shape index (κ3) is 1.95. The van der Waals surface area contributed by atoms with Gasteiger partial charge in [-0.05, 0) is 30.7 Å². The first-order chi connectivity index (χ1) is 5.74. The molecule has 0 aliphatic heterocycles. The minimum absolute atomic E-state index is 0.202. The van der Waals surface area contributed by atoms with Crippen molar-refractivity contribution in [2.24, 2.45) is 0 Å². The van der Waals surface area contributed by atoms with Crippen molar-refractivity contribution in [3.05, 3.63) is 35.4 Å². The Balaban J connectivity index is 3.01. The molecule has 1 rings (SSSR count). The third-order valence-electron chi connectivity index (χ3n) is 1.54. The number of carbonyl (C=O) groups excluding carboxylic acids is 1. The molecular formula is C10H10O2. The van der Waals surface area contributed by atoms with Gasteiger partial charge in [0.2, 0.25) is 0 Å². The topological polar surface area (TPSA) is 37.3 Å². The number of aromatic hydroxyl groups is 1. The Labute approximate surface area is 71.2 Å². The summed E-state index contributed by atoms with van der Waals surface area (Å²) < 4.78 is 0. The van der Waals surface area contributed by atoms with Crippen LogP contribution in [0.3, 0.4) is 0 Å². The molecule has 0 heterocycles. The molecule has 1 N–H and O–H groups in total. The van der Waals surface area contributed by atoms with E-state index < -0.39 is 0 Å². The molecule has 0 unspecified atom stereocenters. The van der Waals surface area contributed by atoms with Crippen molar-refractivity contribution in [1.82, 2.24) is 0 Å². The van der Waals surface area contributed by atoms with Crippen LogP contribution in [-0.4, -0.2) is 11.4 Å². The van der Waals surface area contributed by atoms with Gasteiger partial charge >= 0.3 is 0 Å². The Bertz CT molecular complexity index is 314. The van der Waals surface area contributed by atoms with E-state index in [1.807, 2.05) is 13.0 Å². The zero-order valence-corrected chi connectivity index (χ0v) is 6.82. The number of hydrogen-bond donors (Lipinski definition) is 1. The van der Waals surface area contributed by atoms with E-state index in [1.165, 1.54) is 6.08 Å². The normalized spacial score (nSPS) is 10.4. The van der Waals surface area contributed by atoms with Crippen LogP contribution in [0.4, 0.5) is 0 Å². The number of hydrogen-bond acceptors (Lipinski definition) is 2. The van der Waals surface area contributed by atoms with Gasteiger partial charge in [0, 0.05) is 5.56 Å². The van der Waals surface area contributed by atoms with Gasteiger partial charge in [0.15, 0.2) is 0 Å². The highest BCUT2D eigenvalue weighted by molar-refractivity contribution is 5.75. The highest BCUT2D eigenvalue weighted by atomic mass is 16.3. The maximum Gasteiger partial charge on any atom is 0.142 e. The number of phenols is 1. The molecule has 0 saturated heterocycles. The first kappa shape index (κ1) is 8.53. The summed E-state index contributed by atoms with van der Waals surface area (Å²) in [5.41, 5.74) is 1.66. The Morgan fingerprint density at radius 2 is 2.17 bits per heavy atom. The molecule has 62 valence electrons. The van der Waals surface area contributed by atoms with Crippen molar-refractivity contribution in [3.8, 4) is 5.75 Å². The van der Waals surface area contributed by atoms with Crippen molar-refractivity contribution in [1.29, 1.82) is 0 Å². The maximum absolute atomic E-state index is 9.99. The van der Waals surface area contributed by atoms with E-state index in [0.717, 1.165) is 5.56 Å². The molecule has 0 atom stereocenters. The average molecular weight is 162 g/mol. The molecule has 0 fully saturated rings. The van der Waals surface area contributed by atoms with Crippen molar-refractivity contribution >= 4 is 12.4 Å². The van der Waals surface area contributed by atoms with E-state index >= 15 is 0 Å². The second-order valence-electron chi connectivity index (χ2n) is 2.56. The van der Waals surface area contributed by atoms with E-state index in [0.29, 0.717) is 11.8 Å². The quantitative estimate of drug-likeness (QED) is 0.532. The molecule has 0 aliphatic rings. The number of aldehydes is 1. The predicted octanol–water partition coefficient (Wildman–Crippen LogP) is 1.91. The lowest BCUT2D eigenvalue weighted by Crippen LogP contribution is -1.76. The average Bonchev–Trinajstić information content (AvgIpc) is 2.03. The number of allylic oxidation sites excluding steroid dienone is 1. The van der Waals surface area contributed by atoms with E-state index in [4.69, 9.17) is 0 Å². The fourth-order valence-electron chi connectivity index (χ4n) is 0.938. The van der Waals surface area contributed by atoms with Gasteiger partial charge in [-0.3, -0.25) is 4.79 Å². The van der Waals surface area contributed by atoms with Crippen LogP contribution in [0.1, 0.15) is 11.1 Å². The third-order valence-corrected chi connectivity index (χ3v) is 1.54. The van der Waals surface area contributed by atoms with E-state index in [1.54, 1.807) is 18.2 Å². The van der Waals surface area contributed by atoms with Crippen molar-refractivity contribution in [3.63, 3.8) is 0 Å². The molecule has 2 nitrogen and oxygen atoms in total. The summed E-state index contributed by atoms with van der Waals surface area (Å²) >= 11 is 0. The smallest absolute Gasteiger partial charge is 0.142 e. The molecule has 0 aromatic heterocycles. The summed E-state index contributed by atoms with van der Waals surface area (Å²) in [5.74, 6) is 0.202. The van der Waals surface area contributed by atoms with E-state index in [2.05, 4.69) is 0 Å². The summed E-state index contributed by atoms with van der Waals surface area (Å²) in [5, 5.41) is 9.35. The molecule has 0 aliphatic carbocycles. The van der Waals surface area contributed by atoms with Crippen LogP contribution in [0.5, 0.6) is 5.75 Å². The van der Waals surface area contributed by atoms with Crippen LogP contribution in [0, 0.1) is 6.92 Å². The highest BCUT2D eigenvalue weighted by Gasteiger charge is 1.95. The minimum Gasteiger partial charge on any atom is -0.507 e. The lowest BCUT2D eigenvalue weighted by Gasteiger charge is -1.98. The Morgan fingerprint density at radius 3 is 2.75 bits per heavy atom. The molecule has 1 aromatic rings. The van der Waals surface area contributed by atoms with Gasteiger partial charge in [-0.15, -0.1) is 0 Å². The molecule has 0 radical (unpaired) electrons. The first-order valence-corrected chi connectivity index (χ1v) is 3.65. The predicted molar refractivity (Wildman–Crippen MR) is 47.9 cm³/mol. The molecule has 12 heavy (non-hydrogen) atoms. The summed E-state index contributed by atoms with van der Waals surface area (Å²) in [6, 6.07) is 5.30. The maximum atomic E-state index is 9.99. The number of carbonyl (C=O) groups is 1. The SMILES string of the molecule is Cc1ccc(/C=C/C=O)c(O)c1. The number of aryl methyl sites for hydroxylation is 1. The van der Waals surface area contributed by atoms with Crippen molar-refractivity contribution in [2.45, 2.75) is 6.92 Å². The van der Waals surface area contributed by atoms with Crippen LogP contribution in [0.2, 0.25) is 0 Å². The fraction of sp³-hybridized carbons (Fsp3) is 0.100. The Morgan fingerprint density at radius 1 is 1.42 bits per heavy atom. The minimum atomic E-state index is 0.202. The van der Waals surface area contributed by atoms with Crippen molar-refractivity contribution < 1.29 is 9.90 Å². The standard InChI is InChI=1S/C10H10O2/c1-8-4-5-9(3-2-6-11)10(12)7-8/h2-7,12H,1H3/b3-2+. The van der Waals surface area contributed by atoms with Gasteiger partial charge in [0.1, 0.15) is 12.0 Å². The Hall–Kier alpha value is -1.57. The number of benzene rings is 1. The van der Waals surface area contributed by atoms with Crippen LogP contribution in [-0.2, 0) is 4.79 Å². The lowest BCUT2D eigenvalue weighted by molar-refractivity contribution is -0.104. The largest absolute Gasteiger partial charge is 0.507 e. The van der Waals surface area contributed by atoms with Crippen LogP contribution >= 0.6 is 0 Å². The Kier molecular flexibility index (Phi) is 2.64. The second kappa shape index (κ2) is 3.72. The van der Waals surface area contributed by atoms with Gasteiger partial charge in [-0.2, -0.15) is 0 Å². The molecular weight excluding hydrogens is 152 g/mol. The number of phenolic OH excluding ortho intramolecular Hbond substituents is 1. The summed E-state index contributed by atoms with van der Waals surface area (Å²) in [7, 11) is 0. The van der Waals surface area contributed by atoms with E-state index in [9.17, 15) is 9.90 Å². The zero-order valence-electron chi connectivity index (χ0n) is 6.82. The second-order valence-corrected chi connectivity index (χ2v) is 2.56. The van der Waals surface area contributed by atoms with Gasteiger partial charge in [0.25, 0.3) is 0 Å². The molecule has 0 bridgehead atoms. The molecule has 0 spiro atoms. The molecule has 0 amide bonds. The van der Waals surface area contributed by atoms with Crippen molar-refractivity contribution in [2.75, 3.05) is 0 Å². The number of rotatable bonds is 2. The monoisotopic (exact) mass is 162 g/mol. The summed E-state index contributed by atoms with van der Waals surface area (Å²) in [4.78, 5) is 9.99. The van der Waals surface area contributed by atoms with Crippen LogP contribution in [0.15, 0.2) is 24.3 Å². The highest BCUT2D eigenvalue weighted by Crippen LogP contribution is 2.19. The van der Waals surface area contributed by atoms with Gasteiger partial charge < -0.3 is 5.11 Å². The van der Waals surface area contributed by atoms with Crippen LogP contribution in [0.25, 0.3) is 6.08 Å². The van der Waals surface area contributed by atoms with Crippen LogP contribution < -0.4 is 0 Å². The fourth-order valence-corrected chi connectivity index (χ4v) is 0.938. The lowest BCUT2D eigenvalue weighted by atomic mass is 10.1. The summed E-state index contributed by atoms with van der Waals surface area (Å²) in [6.07, 6.45) is 3.60. The first-order valence-electron chi connectivity index (χ1n) is 3.65.